The fraction of sp³-hybridized carbons (Fsp3) is 0.500. The Morgan fingerprint density at radius 1 is 1.00 bits per heavy atom. The Bertz CT molecular complexity index is 264. The van der Waals surface area contributed by atoms with Gasteiger partial charge in [0.05, 0.1) is 7.11 Å². The molecule has 0 aliphatic rings. The van der Waals surface area contributed by atoms with Crippen molar-refractivity contribution in [3.8, 4) is 5.75 Å². The summed E-state index contributed by atoms with van der Waals surface area (Å²) in [5, 5.41) is 0. The molecule has 1 nitrogen and oxygen atoms in total. The van der Waals surface area contributed by atoms with Crippen molar-refractivity contribution >= 4 is 0 Å². The third-order valence-electron chi connectivity index (χ3n) is 1.98. The van der Waals surface area contributed by atoms with E-state index in [0.717, 1.165) is 5.75 Å². The van der Waals surface area contributed by atoms with Gasteiger partial charge in [0.25, 0.3) is 0 Å². The van der Waals surface area contributed by atoms with Gasteiger partial charge in [0.15, 0.2) is 0 Å². The van der Waals surface area contributed by atoms with Gasteiger partial charge < -0.3 is 4.74 Å². The molecular weight excluding hydrogens is 160 g/mol. The number of hydrogen-bond acceptors (Lipinski definition) is 1. The molecule has 0 bridgehead atoms. The lowest BCUT2D eigenvalue weighted by molar-refractivity contribution is 0.411. The molecular formula is C12H20O. The van der Waals surface area contributed by atoms with Crippen LogP contribution in [0.15, 0.2) is 12.1 Å². The van der Waals surface area contributed by atoms with Crippen molar-refractivity contribution in [2.75, 3.05) is 7.11 Å². The van der Waals surface area contributed by atoms with E-state index in [1.165, 1.54) is 16.7 Å². The van der Waals surface area contributed by atoms with Crippen molar-refractivity contribution in [3.63, 3.8) is 0 Å². The zero-order valence-corrected chi connectivity index (χ0v) is 9.56. The van der Waals surface area contributed by atoms with Crippen molar-refractivity contribution in [1.82, 2.24) is 0 Å². The van der Waals surface area contributed by atoms with E-state index in [9.17, 15) is 0 Å². The van der Waals surface area contributed by atoms with Crippen LogP contribution in [0.25, 0.3) is 0 Å². The van der Waals surface area contributed by atoms with Crippen LogP contribution in [-0.4, -0.2) is 7.11 Å². The summed E-state index contributed by atoms with van der Waals surface area (Å²) >= 11 is 0. The second-order valence-electron chi connectivity index (χ2n) is 2.91. The Balaban J connectivity index is 0.000000671. The molecule has 0 radical (unpaired) electrons. The predicted molar refractivity (Wildman–Crippen MR) is 58.6 cm³/mol. The first-order valence-corrected chi connectivity index (χ1v) is 4.77. The molecule has 0 amide bonds. The maximum Gasteiger partial charge on any atom is 0.122 e. The summed E-state index contributed by atoms with van der Waals surface area (Å²) in [4.78, 5) is 0. The summed E-state index contributed by atoms with van der Waals surface area (Å²) in [5.74, 6) is 0.988. The second-order valence-corrected chi connectivity index (χ2v) is 2.91. The predicted octanol–water partition coefficient (Wildman–Crippen LogP) is 3.65. The van der Waals surface area contributed by atoms with E-state index in [2.05, 4.69) is 32.9 Å². The molecule has 0 saturated heterocycles. The first-order chi connectivity index (χ1) is 6.15. The van der Waals surface area contributed by atoms with Crippen molar-refractivity contribution < 1.29 is 4.74 Å². The monoisotopic (exact) mass is 180 g/mol. The third kappa shape index (κ3) is 3.10. The topological polar surface area (TPSA) is 9.23 Å². The van der Waals surface area contributed by atoms with E-state index < -0.39 is 0 Å². The number of rotatable bonds is 1. The zero-order chi connectivity index (χ0) is 10.4. The minimum atomic E-state index is 0.988. The van der Waals surface area contributed by atoms with Crippen LogP contribution in [0, 0.1) is 20.8 Å². The van der Waals surface area contributed by atoms with Crippen molar-refractivity contribution in [1.29, 1.82) is 0 Å². The Hall–Kier alpha value is -0.980. The molecule has 1 heteroatoms. The van der Waals surface area contributed by atoms with Gasteiger partial charge in [-0.3, -0.25) is 0 Å². The van der Waals surface area contributed by atoms with Gasteiger partial charge in [-0.15, -0.1) is 0 Å². The highest BCUT2D eigenvalue weighted by atomic mass is 16.5. The number of benzene rings is 1. The highest BCUT2D eigenvalue weighted by Crippen LogP contribution is 2.22. The van der Waals surface area contributed by atoms with Gasteiger partial charge >= 0.3 is 0 Å². The highest BCUT2D eigenvalue weighted by Gasteiger charge is 2.00. The van der Waals surface area contributed by atoms with E-state index in [1.807, 2.05) is 13.8 Å². The lowest BCUT2D eigenvalue weighted by atomic mass is 10.1. The largest absolute Gasteiger partial charge is 0.496 e. The van der Waals surface area contributed by atoms with Gasteiger partial charge in [0.1, 0.15) is 5.75 Å². The maximum atomic E-state index is 5.21. The van der Waals surface area contributed by atoms with Gasteiger partial charge in [0, 0.05) is 0 Å². The molecule has 0 atom stereocenters. The van der Waals surface area contributed by atoms with E-state index in [-0.39, 0.29) is 0 Å². The van der Waals surface area contributed by atoms with Crippen LogP contribution >= 0.6 is 0 Å². The normalized spacial score (nSPS) is 8.77. The third-order valence-corrected chi connectivity index (χ3v) is 1.98. The van der Waals surface area contributed by atoms with Crippen LogP contribution in [0.5, 0.6) is 5.75 Å². The molecule has 13 heavy (non-hydrogen) atoms. The van der Waals surface area contributed by atoms with Crippen LogP contribution in [-0.2, 0) is 0 Å². The zero-order valence-electron chi connectivity index (χ0n) is 9.56. The van der Waals surface area contributed by atoms with Gasteiger partial charge in [-0.1, -0.05) is 19.9 Å². The molecule has 74 valence electrons. The highest BCUT2D eigenvalue weighted by molar-refractivity contribution is 5.41. The molecule has 0 N–H and O–H groups in total. The van der Waals surface area contributed by atoms with Crippen LogP contribution in [0.3, 0.4) is 0 Å². The summed E-state index contributed by atoms with van der Waals surface area (Å²) in [5.41, 5.74) is 3.78. The van der Waals surface area contributed by atoms with Gasteiger partial charge in [-0.05, 0) is 43.5 Å². The summed E-state index contributed by atoms with van der Waals surface area (Å²) < 4.78 is 5.21. The van der Waals surface area contributed by atoms with Gasteiger partial charge in [0.2, 0.25) is 0 Å². The molecule has 1 rings (SSSR count). The number of methoxy groups -OCH3 is 1. The Labute approximate surface area is 81.7 Å². The van der Waals surface area contributed by atoms with Crippen LogP contribution < -0.4 is 4.74 Å². The van der Waals surface area contributed by atoms with Crippen LogP contribution in [0.1, 0.15) is 30.5 Å². The summed E-state index contributed by atoms with van der Waals surface area (Å²) in [6.07, 6.45) is 0. The molecule has 0 aromatic heterocycles. The molecule has 0 heterocycles. The maximum absolute atomic E-state index is 5.21. The Kier molecular flexibility index (Phi) is 5.20. The van der Waals surface area contributed by atoms with E-state index in [0.29, 0.717) is 0 Å². The minimum absolute atomic E-state index is 0.988. The SMILES string of the molecule is CC.COc1cc(C)cc(C)c1C. The second kappa shape index (κ2) is 5.63. The molecule has 1 aromatic rings. The first-order valence-electron chi connectivity index (χ1n) is 4.77. The van der Waals surface area contributed by atoms with E-state index in [4.69, 9.17) is 4.74 Å². The van der Waals surface area contributed by atoms with Crippen molar-refractivity contribution in [2.45, 2.75) is 34.6 Å². The van der Waals surface area contributed by atoms with Crippen LogP contribution in [0.2, 0.25) is 0 Å². The average Bonchev–Trinajstić information content (AvgIpc) is 2.14. The average molecular weight is 180 g/mol. The minimum Gasteiger partial charge on any atom is -0.496 e. The quantitative estimate of drug-likeness (QED) is 0.641. The van der Waals surface area contributed by atoms with Crippen molar-refractivity contribution in [2.24, 2.45) is 0 Å². The smallest absolute Gasteiger partial charge is 0.122 e. The first kappa shape index (κ1) is 12.0. The summed E-state index contributed by atoms with van der Waals surface area (Å²) in [6.45, 7) is 10.3. The lowest BCUT2D eigenvalue weighted by Crippen LogP contribution is -1.90. The number of hydrogen-bond donors (Lipinski definition) is 0. The fourth-order valence-corrected chi connectivity index (χ4v) is 1.21. The number of ether oxygens (including phenoxy) is 1. The van der Waals surface area contributed by atoms with Crippen molar-refractivity contribution in [3.05, 3.63) is 28.8 Å². The fourth-order valence-electron chi connectivity index (χ4n) is 1.21. The number of aryl methyl sites for hydroxylation is 2. The van der Waals surface area contributed by atoms with E-state index in [1.54, 1.807) is 7.11 Å². The van der Waals surface area contributed by atoms with Crippen LogP contribution in [0.4, 0.5) is 0 Å². The molecule has 0 aliphatic carbocycles. The molecule has 0 spiro atoms. The lowest BCUT2D eigenvalue weighted by Gasteiger charge is -2.08. The Morgan fingerprint density at radius 2 is 1.54 bits per heavy atom. The van der Waals surface area contributed by atoms with Gasteiger partial charge in [-0.2, -0.15) is 0 Å². The summed E-state index contributed by atoms with van der Waals surface area (Å²) in [6, 6.07) is 4.22. The molecule has 1 aromatic carbocycles. The standard InChI is InChI=1S/C10H14O.C2H6/c1-7-5-8(2)9(3)10(6-7)11-4;1-2/h5-6H,1-4H3;1-2H3. The van der Waals surface area contributed by atoms with E-state index >= 15 is 0 Å². The Morgan fingerprint density at radius 3 is 2.00 bits per heavy atom. The van der Waals surface area contributed by atoms with Gasteiger partial charge in [-0.25, -0.2) is 0 Å². The molecule has 0 aliphatic heterocycles. The molecule has 0 fully saturated rings. The summed E-state index contributed by atoms with van der Waals surface area (Å²) in [7, 11) is 1.71. The molecule has 0 saturated carbocycles. The molecule has 0 unspecified atom stereocenters.